The number of rotatable bonds is 2. The fraction of sp³-hybridized carbons (Fsp3) is 0. The Morgan fingerprint density at radius 3 is 1.60 bits per heavy atom. The lowest BCUT2D eigenvalue weighted by Gasteiger charge is -2.33. The highest BCUT2D eigenvalue weighted by atomic mass is 16.5. The van der Waals surface area contributed by atoms with E-state index in [1.165, 1.54) is 0 Å². The van der Waals surface area contributed by atoms with Gasteiger partial charge in [0.05, 0.1) is 62.0 Å². The minimum Gasteiger partial charge on any atom is -0.551 e. The molecule has 0 saturated heterocycles. The molecule has 9 aromatic rings. The summed E-state index contributed by atoms with van der Waals surface area (Å²) in [4.78, 5) is 0. The van der Waals surface area contributed by atoms with Crippen molar-refractivity contribution in [3.8, 4) is 39.8 Å². The Morgan fingerprint density at radius 1 is 0.447 bits per heavy atom. The first-order valence-corrected chi connectivity index (χ1v) is 14.0. The molecule has 47 heavy (non-hydrogen) atoms. The van der Waals surface area contributed by atoms with Gasteiger partial charge in [-0.3, -0.25) is 0 Å². The van der Waals surface area contributed by atoms with Crippen LogP contribution in [0.25, 0.3) is 66.1 Å². The second-order valence-electron chi connectivity index (χ2n) is 10.6. The molecule has 0 aliphatic carbocycles. The van der Waals surface area contributed by atoms with Gasteiger partial charge in [-0.1, -0.05) is 90.6 Å². The second kappa shape index (κ2) is 9.18. The number of aromatic nitrogens is 2. The van der Waals surface area contributed by atoms with E-state index in [1.807, 2.05) is 0 Å². The molecule has 2 aliphatic rings. The number of hydrogen-bond acceptors (Lipinski definition) is 2. The van der Waals surface area contributed by atoms with Gasteiger partial charge < -0.3 is 18.5 Å². The summed E-state index contributed by atoms with van der Waals surface area (Å²) in [5.74, 6) is -2.00. The highest BCUT2D eigenvalue weighted by Crippen LogP contribution is 2.42. The number of para-hydroxylation sites is 5. The van der Waals surface area contributed by atoms with Crippen LogP contribution < -0.4 is 20.3 Å². The molecule has 5 heteroatoms. The summed E-state index contributed by atoms with van der Waals surface area (Å²) >= 11 is 0. The predicted octanol–water partition coefficient (Wildman–Crippen LogP) is 9.15. The molecule has 218 valence electrons. The minimum atomic E-state index is -1.92. The SMILES string of the molecule is [2H]c1c([2H])c([2H])c2c(c1[2H])OB1c3c([2H])c(-n4c5c([2H])c([2H])c([2H])c([2H])c5c5c([2H])c([2H])c([2H])c([2H])c54)c([2H])c([2H])c3Oc3c([2H])c(-n4c5c([2H])c([2H])c([2H])c([2H])c5c5c([2H])c([2H])c([2H])c([2H])c54)c([2H])c-2c31. The van der Waals surface area contributed by atoms with Crippen LogP contribution in [0.15, 0.2) is 151 Å². The predicted molar refractivity (Wildman–Crippen MR) is 193 cm³/mol. The molecule has 2 aromatic heterocycles. The summed E-state index contributed by atoms with van der Waals surface area (Å²) in [5.41, 5.74) is -5.38. The summed E-state index contributed by atoms with van der Waals surface area (Å²) in [6.07, 6.45) is 0. The van der Waals surface area contributed by atoms with Crippen molar-refractivity contribution < 1.29 is 43.7 Å². The monoisotopic (exact) mass is 625 g/mol. The number of hydrogen-bond donors (Lipinski definition) is 0. The minimum absolute atomic E-state index is 0.383. The van der Waals surface area contributed by atoms with E-state index < -0.39 is 247 Å². The molecule has 7 aromatic carbocycles. The lowest BCUT2D eigenvalue weighted by molar-refractivity contribution is 0.479. The van der Waals surface area contributed by atoms with E-state index in [0.717, 1.165) is 9.13 Å². The molecular weight excluding hydrogens is 575 g/mol. The van der Waals surface area contributed by atoms with E-state index in [1.54, 1.807) is 0 Å². The highest BCUT2D eigenvalue weighted by molar-refractivity contribution is 6.84. The molecule has 0 spiro atoms. The van der Waals surface area contributed by atoms with Gasteiger partial charge in [-0.25, -0.2) is 0 Å². The Kier molecular flexibility index (Phi) is 2.20. The maximum atomic E-state index is 10.0. The van der Waals surface area contributed by atoms with E-state index in [9.17, 15) is 6.85 Å². The van der Waals surface area contributed by atoms with Crippen molar-refractivity contribution in [2.24, 2.45) is 0 Å². The number of fused-ring (bicyclic) bond motifs is 10. The summed E-state index contributed by atoms with van der Waals surface area (Å²) in [7, 11) is 0. The first-order valence-electron chi connectivity index (χ1n) is 26.5. The summed E-state index contributed by atoms with van der Waals surface area (Å²) in [5, 5.41) is -1.69. The third-order valence-corrected chi connectivity index (χ3v) is 8.16. The van der Waals surface area contributed by atoms with E-state index >= 15 is 0 Å². The lowest BCUT2D eigenvalue weighted by atomic mass is 9.50. The molecular formula is C42H25BN2O2. The molecule has 0 amide bonds. The maximum absolute atomic E-state index is 10.0. The Bertz CT molecular complexity index is 4030. The van der Waals surface area contributed by atoms with Crippen LogP contribution in [-0.2, 0) is 0 Å². The fourth-order valence-electron chi connectivity index (χ4n) is 6.26. The van der Waals surface area contributed by atoms with Crippen LogP contribution >= 0.6 is 0 Å². The molecule has 4 heterocycles. The third-order valence-electron chi connectivity index (χ3n) is 8.16. The average Bonchev–Trinajstić information content (AvgIpc) is 3.90. The van der Waals surface area contributed by atoms with Crippen molar-refractivity contribution in [1.82, 2.24) is 9.13 Å². The zero-order chi connectivity index (χ0) is 52.4. The lowest BCUT2D eigenvalue weighted by Crippen LogP contribution is -2.53. The second-order valence-corrected chi connectivity index (χ2v) is 10.6. The Labute approximate surface area is 305 Å². The Morgan fingerprint density at radius 2 is 0.979 bits per heavy atom. The third kappa shape index (κ3) is 3.38. The highest BCUT2D eigenvalue weighted by Gasteiger charge is 2.41. The molecule has 0 saturated carbocycles. The van der Waals surface area contributed by atoms with Gasteiger partial charge in [0.1, 0.15) is 17.2 Å². The number of ether oxygens (including phenoxy) is 1. The summed E-state index contributed by atoms with van der Waals surface area (Å²) in [6, 6.07) is -20.3. The van der Waals surface area contributed by atoms with Crippen LogP contribution in [0.2, 0.25) is 0 Å². The van der Waals surface area contributed by atoms with Gasteiger partial charge in [-0.2, -0.15) is 0 Å². The quantitative estimate of drug-likeness (QED) is 0.179. The standard InChI is InChI=1S/C42H25BN2O2/c1-6-16-35-28(11-1)29-12-2-7-17-36(29)44(35)26-21-22-40-34(24-26)43-42-33(32-15-5-10-20-39(32)47-43)23-27(25-41(42)46-40)45-37-18-8-3-13-30(37)31-14-4-9-19-38(31)45/h1-25H/i1D,2D,3D,4D,5D,6D,7D,8D,9D,10D,11D,12D,13D,14D,15D,16D,17D,18D,19D,20D,21D,22D,23D,24D,25D. The van der Waals surface area contributed by atoms with Crippen molar-refractivity contribution >= 4 is 61.5 Å². The molecule has 0 bridgehead atoms. The summed E-state index contributed by atoms with van der Waals surface area (Å²) < 4.78 is 239. The van der Waals surface area contributed by atoms with Gasteiger partial charge in [0, 0.05) is 49.8 Å². The maximum Gasteiger partial charge on any atom is 0.434 e. The van der Waals surface area contributed by atoms with Crippen LogP contribution in [0.1, 0.15) is 34.3 Å². The largest absolute Gasteiger partial charge is 0.551 e. The number of nitrogens with zero attached hydrogens (tertiary/aromatic N) is 2. The van der Waals surface area contributed by atoms with Gasteiger partial charge in [0.25, 0.3) is 0 Å². The Balaban J connectivity index is 1.33. The van der Waals surface area contributed by atoms with Crippen LogP contribution in [0.3, 0.4) is 0 Å². The fourth-order valence-corrected chi connectivity index (χ4v) is 6.26. The van der Waals surface area contributed by atoms with Crippen LogP contribution in [-0.4, -0.2) is 16.0 Å². The average molecular weight is 626 g/mol. The van der Waals surface area contributed by atoms with E-state index in [0.29, 0.717) is 0 Å². The van der Waals surface area contributed by atoms with Crippen molar-refractivity contribution in [3.63, 3.8) is 0 Å². The molecule has 0 unspecified atom stereocenters. The van der Waals surface area contributed by atoms with Crippen LogP contribution in [0, 0.1) is 0 Å². The zero-order valence-corrected chi connectivity index (χ0v) is 23.3. The van der Waals surface area contributed by atoms with Crippen molar-refractivity contribution in [1.29, 1.82) is 0 Å². The van der Waals surface area contributed by atoms with Gasteiger partial charge in [0.15, 0.2) is 0 Å². The van der Waals surface area contributed by atoms with Crippen LogP contribution in [0.4, 0.5) is 0 Å². The van der Waals surface area contributed by atoms with Gasteiger partial charge in [0.2, 0.25) is 0 Å². The number of benzene rings is 7. The Hall–Kier alpha value is -6.20. The van der Waals surface area contributed by atoms with Crippen LogP contribution in [0.5, 0.6) is 17.2 Å². The molecule has 0 atom stereocenters. The normalized spacial score (nSPS) is 20.4. The first kappa shape index (κ1) is 11.3. The van der Waals surface area contributed by atoms with Gasteiger partial charge in [-0.05, 0) is 59.9 Å². The van der Waals surface area contributed by atoms with Gasteiger partial charge >= 0.3 is 6.92 Å². The van der Waals surface area contributed by atoms with Crippen molar-refractivity contribution in [2.45, 2.75) is 0 Å². The van der Waals surface area contributed by atoms with Crippen molar-refractivity contribution in [3.05, 3.63) is 151 Å². The zero-order valence-electron chi connectivity index (χ0n) is 48.3. The molecule has 0 fully saturated rings. The van der Waals surface area contributed by atoms with Gasteiger partial charge in [-0.15, -0.1) is 0 Å². The molecule has 2 aliphatic heterocycles. The molecule has 0 radical (unpaired) electrons. The van der Waals surface area contributed by atoms with E-state index in [-0.39, 0.29) is 5.46 Å². The molecule has 4 nitrogen and oxygen atoms in total. The van der Waals surface area contributed by atoms with E-state index in [4.69, 9.17) is 36.8 Å². The van der Waals surface area contributed by atoms with E-state index in [2.05, 4.69) is 0 Å². The first-order chi connectivity index (χ1) is 33.7. The topological polar surface area (TPSA) is 28.3 Å². The smallest absolute Gasteiger partial charge is 0.434 e. The van der Waals surface area contributed by atoms with Crippen molar-refractivity contribution in [2.75, 3.05) is 0 Å². The molecule has 0 N–H and O–H groups in total. The molecule has 11 rings (SSSR count). The summed E-state index contributed by atoms with van der Waals surface area (Å²) in [6.45, 7) is -1.92.